The summed E-state index contributed by atoms with van der Waals surface area (Å²) in [6.45, 7) is 8.92. The van der Waals surface area contributed by atoms with E-state index in [1.807, 2.05) is 0 Å². The first-order valence-electron chi connectivity index (χ1n) is 8.53. The van der Waals surface area contributed by atoms with Gasteiger partial charge in [-0.3, -0.25) is 0 Å². The molecule has 0 nitrogen and oxygen atoms in total. The Labute approximate surface area is 180 Å². The topological polar surface area (TPSA) is 0 Å². The molecule has 4 rings (SSSR count). The van der Waals surface area contributed by atoms with E-state index in [9.17, 15) is 0 Å². The molecule has 2 aromatic rings. The molecule has 131 valence electrons. The zero-order chi connectivity index (χ0) is 17.0. The van der Waals surface area contributed by atoms with Gasteiger partial charge in [-0.15, -0.1) is 0 Å². The summed E-state index contributed by atoms with van der Waals surface area (Å²) >= 11 is 2.29. The Bertz CT molecular complexity index is 1070. The summed E-state index contributed by atoms with van der Waals surface area (Å²) in [7, 11) is 0. The third kappa shape index (κ3) is 3.18. The third-order valence-electron chi connectivity index (χ3n) is 5.20. The Balaban J connectivity index is 0.00000121. The van der Waals surface area contributed by atoms with E-state index >= 15 is 0 Å². The van der Waals surface area contributed by atoms with Crippen LogP contribution in [0.25, 0.3) is 26.2 Å². The van der Waals surface area contributed by atoms with E-state index in [1.165, 1.54) is 58.8 Å². The van der Waals surface area contributed by atoms with E-state index in [0.29, 0.717) is 0 Å². The average Bonchev–Trinajstić information content (AvgIpc) is 3.15. The summed E-state index contributed by atoms with van der Waals surface area (Å²) in [4.78, 5) is 0. The fourth-order valence-electron chi connectivity index (χ4n) is 4.04. The molecule has 0 N–H and O–H groups in total. The fourth-order valence-corrected chi connectivity index (χ4v) is 4.77. The quantitative estimate of drug-likeness (QED) is 0.499. The second kappa shape index (κ2) is 7.91. The molecular weight excluding hydrogens is 395 g/mol. The molecule has 3 heteroatoms. The largest absolute Gasteiger partial charge is 1.00 e. The van der Waals surface area contributed by atoms with Gasteiger partial charge in [-0.1, -0.05) is 0 Å². The van der Waals surface area contributed by atoms with E-state index in [2.05, 4.69) is 90.6 Å². The molecule has 26 heavy (non-hydrogen) atoms. The minimum Gasteiger partial charge on any atom is -1.00 e. The predicted molar refractivity (Wildman–Crippen MR) is 99.6 cm³/mol. The SMILES string of the molecule is CC(C)=c1cc2c(c(C3=CC=CC3)c1C)=[C]([Ti+2])c1cc(C)ccc1-2.[Cl-].[Cl-]. The minimum atomic E-state index is 0. The summed E-state index contributed by atoms with van der Waals surface area (Å²) in [5.41, 5.74) is 11.3. The number of rotatable bonds is 1. The molecule has 0 unspecified atom stereocenters. The van der Waals surface area contributed by atoms with Gasteiger partial charge in [-0.05, 0) is 0 Å². The van der Waals surface area contributed by atoms with Gasteiger partial charge in [0.2, 0.25) is 0 Å². The van der Waals surface area contributed by atoms with Gasteiger partial charge in [0, 0.05) is 0 Å². The third-order valence-corrected chi connectivity index (χ3v) is 6.01. The van der Waals surface area contributed by atoms with Crippen LogP contribution in [0.1, 0.15) is 42.5 Å². The Hall–Kier alpha value is -1.05. The smallest absolute Gasteiger partial charge is 1.00 e. The summed E-state index contributed by atoms with van der Waals surface area (Å²) in [5, 5.41) is 2.85. The van der Waals surface area contributed by atoms with Gasteiger partial charge >= 0.3 is 156 Å². The summed E-state index contributed by atoms with van der Waals surface area (Å²) in [5.74, 6) is 0. The van der Waals surface area contributed by atoms with Crippen LogP contribution in [0.3, 0.4) is 0 Å². The maximum Gasteiger partial charge on any atom is -1.00 e. The Morgan fingerprint density at radius 3 is 2.31 bits per heavy atom. The Morgan fingerprint density at radius 2 is 1.69 bits per heavy atom. The van der Waals surface area contributed by atoms with Crippen molar-refractivity contribution in [2.45, 2.75) is 34.1 Å². The van der Waals surface area contributed by atoms with E-state index in [4.69, 9.17) is 0 Å². The number of hydrogen-bond acceptors (Lipinski definition) is 0. The van der Waals surface area contributed by atoms with Crippen LogP contribution >= 0.6 is 0 Å². The van der Waals surface area contributed by atoms with Crippen LogP contribution in [0.4, 0.5) is 0 Å². The van der Waals surface area contributed by atoms with Crippen molar-refractivity contribution in [2.75, 3.05) is 0 Å². The molecule has 2 aliphatic rings. The molecule has 0 atom stereocenters. The van der Waals surface area contributed by atoms with Crippen LogP contribution in [-0.2, 0) is 20.4 Å². The van der Waals surface area contributed by atoms with Gasteiger partial charge in [-0.25, -0.2) is 0 Å². The Kier molecular flexibility index (Phi) is 6.46. The molecule has 0 spiro atoms. The van der Waals surface area contributed by atoms with Crippen LogP contribution < -0.4 is 35.3 Å². The standard InChI is InChI=1S/C23H21.2ClH.Ti/c1-14(2)20-13-21-19-10-9-15(3)11-18(19)12-22(21)23(16(20)4)17-7-5-6-8-17;;;/h5-7,9-11,13H,8H2,1-4H3;2*1H;/q;;;+2/p-2. The molecular formula is C23H21Cl2Ti. The first kappa shape index (κ1) is 21.3. The summed E-state index contributed by atoms with van der Waals surface area (Å²) in [6, 6.07) is 9.29. The van der Waals surface area contributed by atoms with Crippen molar-refractivity contribution < 1.29 is 45.2 Å². The number of halogens is 2. The van der Waals surface area contributed by atoms with Gasteiger partial charge < -0.3 is 24.8 Å². The van der Waals surface area contributed by atoms with Crippen molar-refractivity contribution in [3.8, 4) is 11.1 Å². The van der Waals surface area contributed by atoms with Gasteiger partial charge in [-0.2, -0.15) is 0 Å². The van der Waals surface area contributed by atoms with E-state index in [1.54, 1.807) is 0 Å². The second-order valence-corrected chi connectivity index (χ2v) is 7.88. The summed E-state index contributed by atoms with van der Waals surface area (Å²) < 4.78 is 1.43. The van der Waals surface area contributed by atoms with Crippen molar-refractivity contribution in [2.24, 2.45) is 0 Å². The average molecular weight is 416 g/mol. The van der Waals surface area contributed by atoms with Gasteiger partial charge in [0.25, 0.3) is 0 Å². The molecule has 0 aromatic heterocycles. The molecule has 0 saturated carbocycles. The molecule has 2 aliphatic carbocycles. The molecule has 0 aliphatic heterocycles. The number of benzene rings is 2. The van der Waals surface area contributed by atoms with Gasteiger partial charge in [0.15, 0.2) is 0 Å². The first-order chi connectivity index (χ1) is 11.5. The molecule has 0 amide bonds. The first-order valence-corrected chi connectivity index (χ1v) is 9.31. The van der Waals surface area contributed by atoms with E-state index in [0.717, 1.165) is 6.42 Å². The van der Waals surface area contributed by atoms with Crippen LogP contribution in [0.2, 0.25) is 0 Å². The Morgan fingerprint density at radius 1 is 0.962 bits per heavy atom. The van der Waals surface area contributed by atoms with E-state index < -0.39 is 0 Å². The van der Waals surface area contributed by atoms with Crippen LogP contribution in [0.15, 0.2) is 42.5 Å². The van der Waals surface area contributed by atoms with Crippen molar-refractivity contribution in [3.05, 3.63) is 75.2 Å². The van der Waals surface area contributed by atoms with Crippen LogP contribution in [0, 0.1) is 13.8 Å². The van der Waals surface area contributed by atoms with Crippen molar-refractivity contribution >= 4 is 15.0 Å². The molecule has 0 fully saturated rings. The second-order valence-electron chi connectivity index (χ2n) is 7.09. The number of fused-ring (bicyclic) bond motifs is 3. The fraction of sp³-hybridized carbons (Fsp3) is 0.217. The van der Waals surface area contributed by atoms with Crippen LogP contribution in [-0.4, -0.2) is 0 Å². The molecule has 0 bridgehead atoms. The molecule has 0 saturated heterocycles. The van der Waals surface area contributed by atoms with Crippen molar-refractivity contribution in [1.29, 1.82) is 0 Å². The summed E-state index contributed by atoms with van der Waals surface area (Å²) in [6.07, 6.45) is 7.79. The predicted octanol–water partition coefficient (Wildman–Crippen LogP) is -1.47. The monoisotopic (exact) mass is 415 g/mol. The maximum atomic E-state index is 2.41. The van der Waals surface area contributed by atoms with Gasteiger partial charge in [0.1, 0.15) is 0 Å². The van der Waals surface area contributed by atoms with Crippen LogP contribution in [0.5, 0.6) is 0 Å². The minimum absolute atomic E-state index is 0. The number of hydrogen-bond donors (Lipinski definition) is 0. The molecule has 0 radical (unpaired) electrons. The maximum absolute atomic E-state index is 2.41. The van der Waals surface area contributed by atoms with E-state index in [-0.39, 0.29) is 24.8 Å². The van der Waals surface area contributed by atoms with Crippen molar-refractivity contribution in [3.63, 3.8) is 0 Å². The van der Waals surface area contributed by atoms with Gasteiger partial charge in [0.05, 0.1) is 0 Å². The van der Waals surface area contributed by atoms with Crippen molar-refractivity contribution in [1.82, 2.24) is 0 Å². The zero-order valence-electron chi connectivity index (χ0n) is 15.5. The molecule has 2 aromatic carbocycles. The molecule has 0 heterocycles. The normalized spacial score (nSPS) is 13.6. The number of aryl methyl sites for hydroxylation is 1. The zero-order valence-corrected chi connectivity index (χ0v) is 18.6. The number of allylic oxidation sites excluding steroid dienone is 4.